The van der Waals surface area contributed by atoms with E-state index in [1.807, 2.05) is 0 Å². The summed E-state index contributed by atoms with van der Waals surface area (Å²) in [5, 5.41) is 12.0. The van der Waals surface area contributed by atoms with E-state index in [4.69, 9.17) is 10.5 Å². The van der Waals surface area contributed by atoms with E-state index in [-0.39, 0.29) is 51.2 Å². The van der Waals surface area contributed by atoms with E-state index < -0.39 is 0 Å². The summed E-state index contributed by atoms with van der Waals surface area (Å²) < 4.78 is 0. The van der Waals surface area contributed by atoms with Crippen LogP contribution in [-0.4, -0.2) is 45.2 Å². The smallest absolute Gasteiger partial charge is 2.00 e. The van der Waals surface area contributed by atoms with Crippen LogP contribution in [0.5, 0.6) is 0 Å². The first-order valence-corrected chi connectivity index (χ1v) is 0.200. The van der Waals surface area contributed by atoms with Gasteiger partial charge in [0.05, 0.1) is 0 Å². The minimum absolute atomic E-state index is 0. The molecule has 0 bridgehead atoms. The van der Waals surface area contributed by atoms with Crippen molar-refractivity contribution in [3.8, 4) is 0 Å². The molecule has 2 N–H and O–H groups in total. The monoisotopic (exact) mass is 136 g/mol. The summed E-state index contributed by atoms with van der Waals surface area (Å²) in [7, 11) is 0. The maximum atomic E-state index is 6.00. The van der Waals surface area contributed by atoms with Gasteiger partial charge in [0.25, 0.3) is 0 Å². The number of hydrogen-bond acceptors (Lipinski definition) is 2. The van der Waals surface area contributed by atoms with E-state index in [0.717, 1.165) is 0 Å². The Morgan fingerprint density at radius 2 is 0.571 bits per heavy atom. The Morgan fingerprint density at radius 1 is 0.571 bits per heavy atom. The van der Waals surface area contributed by atoms with Gasteiger partial charge in [-0.05, 0) is 0 Å². The average molecular weight is 136 g/mol. The fraction of sp³-hybridized carbons (Fsp3) is 0. The van der Waals surface area contributed by atoms with Crippen LogP contribution in [0.4, 0.5) is 0 Å². The van der Waals surface area contributed by atoms with Crippen molar-refractivity contribution < 1.29 is 26.9 Å². The van der Waals surface area contributed by atoms with Gasteiger partial charge in [0.1, 0.15) is 0 Å². The first kappa shape index (κ1) is 107. The maximum Gasteiger partial charge on any atom is 3.00 e. The molecule has 38 valence electrons. The molecule has 7 heavy (non-hydrogen) atoms. The van der Waals surface area contributed by atoms with Crippen molar-refractivity contribution in [2.24, 2.45) is 0 Å². The molecule has 0 aromatic carbocycles. The Balaban J connectivity index is -0.000000000500. The molecule has 0 saturated heterocycles. The first-order valence-electron chi connectivity index (χ1n) is 0.200. The van der Waals surface area contributed by atoms with Crippen LogP contribution in [-0.2, 0) is 16.4 Å². The standard InChI is InChI=1S/2Al.H2O2.3O/c;;1-2;;;/h;;1-2H;;;/q2*+3;;3*-2. The van der Waals surface area contributed by atoms with Gasteiger partial charge in [0, 0.05) is 0 Å². The summed E-state index contributed by atoms with van der Waals surface area (Å²) >= 11 is 0. The third-order valence-corrected chi connectivity index (χ3v) is 0. The van der Waals surface area contributed by atoms with Crippen LogP contribution >= 0.6 is 0 Å². The zero-order chi connectivity index (χ0) is 2.00. The zero-order valence-corrected chi connectivity index (χ0v) is 5.58. The summed E-state index contributed by atoms with van der Waals surface area (Å²) in [6.45, 7) is 0. The Hall–Kier alpha value is 0.865. The molecule has 0 aliphatic rings. The second-order valence-electron chi connectivity index (χ2n) is 0. The van der Waals surface area contributed by atoms with Crippen molar-refractivity contribution in [1.29, 1.82) is 0 Å². The molecule has 0 unspecified atom stereocenters. The zero-order valence-electron chi connectivity index (χ0n) is 3.27. The van der Waals surface area contributed by atoms with Crippen LogP contribution in [0.25, 0.3) is 0 Å². The molecule has 0 aliphatic heterocycles. The van der Waals surface area contributed by atoms with Crippen LogP contribution in [0.2, 0.25) is 0 Å². The van der Waals surface area contributed by atoms with E-state index in [1.54, 1.807) is 0 Å². The molecule has 0 atom stereocenters. The van der Waals surface area contributed by atoms with Gasteiger partial charge in [-0.25, -0.2) is 0 Å². The van der Waals surface area contributed by atoms with E-state index in [0.29, 0.717) is 0 Å². The van der Waals surface area contributed by atoms with Crippen molar-refractivity contribution in [1.82, 2.24) is 0 Å². The van der Waals surface area contributed by atoms with Gasteiger partial charge in [-0.1, -0.05) is 0 Å². The Labute approximate surface area is 62.1 Å². The molecule has 7 heteroatoms. The van der Waals surface area contributed by atoms with Gasteiger partial charge in [-0.3, -0.25) is 10.5 Å². The molecule has 0 rings (SSSR count). The predicted molar refractivity (Wildman–Crippen MR) is 18.8 cm³/mol. The van der Waals surface area contributed by atoms with Gasteiger partial charge in [0.2, 0.25) is 0 Å². The van der Waals surface area contributed by atoms with E-state index in [9.17, 15) is 0 Å². The molecule has 0 heterocycles. The Morgan fingerprint density at radius 3 is 0.571 bits per heavy atom. The molecule has 0 aromatic heterocycles. The fourth-order valence-corrected chi connectivity index (χ4v) is 0. The van der Waals surface area contributed by atoms with Crippen LogP contribution in [0.15, 0.2) is 0 Å². The van der Waals surface area contributed by atoms with Gasteiger partial charge >= 0.3 is 34.7 Å². The third-order valence-electron chi connectivity index (χ3n) is 0. The average Bonchev–Trinajstić information content (AvgIpc) is 1.00. The van der Waals surface area contributed by atoms with Gasteiger partial charge in [-0.15, -0.1) is 0 Å². The van der Waals surface area contributed by atoms with Crippen LogP contribution < -0.4 is 0 Å². The normalized spacial score (nSPS) is 0.857. The van der Waals surface area contributed by atoms with Crippen molar-refractivity contribution in [3.05, 3.63) is 0 Å². The first-order chi connectivity index (χ1) is 1.00. The van der Waals surface area contributed by atoms with Crippen LogP contribution in [0, 0.1) is 0 Å². The van der Waals surface area contributed by atoms with Gasteiger partial charge in [0.15, 0.2) is 0 Å². The summed E-state index contributed by atoms with van der Waals surface area (Å²) in [6, 6.07) is 0. The maximum absolute atomic E-state index is 6.00. The van der Waals surface area contributed by atoms with Gasteiger partial charge < -0.3 is 16.4 Å². The van der Waals surface area contributed by atoms with E-state index >= 15 is 0 Å². The third kappa shape index (κ3) is 217. The van der Waals surface area contributed by atoms with Crippen LogP contribution in [0.3, 0.4) is 0 Å². The Bertz CT molecular complexity index is 6.04. The molecule has 0 aromatic rings. The minimum Gasteiger partial charge on any atom is -2.00 e. The molecular weight excluding hydrogens is 134 g/mol. The van der Waals surface area contributed by atoms with Crippen molar-refractivity contribution in [2.45, 2.75) is 0 Å². The minimum atomic E-state index is 0. The van der Waals surface area contributed by atoms with E-state index in [2.05, 4.69) is 0 Å². The molecule has 0 fully saturated rings. The van der Waals surface area contributed by atoms with E-state index in [1.165, 1.54) is 0 Å². The molecular formula is H2Al2O5. The van der Waals surface area contributed by atoms with Gasteiger partial charge in [-0.2, -0.15) is 0 Å². The molecule has 0 aliphatic carbocycles. The molecule has 5 nitrogen and oxygen atoms in total. The molecule has 0 radical (unpaired) electrons. The number of rotatable bonds is 0. The van der Waals surface area contributed by atoms with Crippen molar-refractivity contribution in [3.63, 3.8) is 0 Å². The Kier molecular flexibility index (Phi) is 4810. The quantitative estimate of drug-likeness (QED) is 0.249. The molecule has 0 saturated carbocycles. The summed E-state index contributed by atoms with van der Waals surface area (Å²) in [6.07, 6.45) is 0. The number of hydrogen-bond donors (Lipinski definition) is 2. The van der Waals surface area contributed by atoms with Crippen LogP contribution in [0.1, 0.15) is 0 Å². The SMILES string of the molecule is OO.[Al+3].[Al+3].[O-2].[O-2].[O-2]. The molecule has 0 spiro atoms. The van der Waals surface area contributed by atoms with Crippen molar-refractivity contribution in [2.75, 3.05) is 0 Å². The fourth-order valence-electron chi connectivity index (χ4n) is 0. The summed E-state index contributed by atoms with van der Waals surface area (Å²) in [5.41, 5.74) is 0. The molecule has 0 amide bonds. The second kappa shape index (κ2) is 316. The topological polar surface area (TPSA) is 126 Å². The second-order valence-corrected chi connectivity index (χ2v) is 0. The predicted octanol–water partition coefficient (Wildman–Crippen LogP) is -1.10. The van der Waals surface area contributed by atoms with Crippen molar-refractivity contribution >= 4 is 34.7 Å². The summed E-state index contributed by atoms with van der Waals surface area (Å²) in [5.74, 6) is 0. The summed E-state index contributed by atoms with van der Waals surface area (Å²) in [4.78, 5) is 0. The largest absolute Gasteiger partial charge is 3.00 e.